The van der Waals surface area contributed by atoms with Crippen molar-refractivity contribution in [2.75, 3.05) is 26.2 Å². The fraction of sp³-hybridized carbons (Fsp3) is 0.571. The zero-order valence-corrected chi connectivity index (χ0v) is 19.4. The van der Waals surface area contributed by atoms with Gasteiger partial charge in [0, 0.05) is 51.4 Å². The minimum Gasteiger partial charge on any atom is -0.327 e. The summed E-state index contributed by atoms with van der Waals surface area (Å²) in [6.07, 6.45) is 5.18. The molecular formula is C28H40N4. The van der Waals surface area contributed by atoms with E-state index in [-0.39, 0.29) is 0 Å². The number of nitrogens with zero attached hydrogens (tertiary/aromatic N) is 2. The third kappa shape index (κ3) is 5.09. The van der Waals surface area contributed by atoms with E-state index in [0.29, 0.717) is 12.1 Å². The van der Waals surface area contributed by atoms with E-state index in [9.17, 15) is 0 Å². The van der Waals surface area contributed by atoms with Crippen molar-refractivity contribution >= 4 is 0 Å². The van der Waals surface area contributed by atoms with E-state index in [1.165, 1.54) is 63.0 Å². The van der Waals surface area contributed by atoms with Crippen LogP contribution >= 0.6 is 0 Å². The second-order valence-electron chi connectivity index (χ2n) is 10.7. The average molecular weight is 433 g/mol. The first-order valence-electron chi connectivity index (χ1n) is 12.7. The lowest BCUT2D eigenvalue weighted by atomic mass is 9.98. The van der Waals surface area contributed by atoms with E-state index in [0.717, 1.165) is 36.8 Å². The maximum atomic E-state index is 6.15. The lowest BCUT2D eigenvalue weighted by Crippen LogP contribution is -2.30. The highest BCUT2D eigenvalue weighted by atomic mass is 15.2. The molecule has 0 spiro atoms. The summed E-state index contributed by atoms with van der Waals surface area (Å²) < 4.78 is 0. The molecule has 2 aliphatic carbocycles. The van der Waals surface area contributed by atoms with E-state index >= 15 is 0 Å². The first kappa shape index (κ1) is 22.1. The highest BCUT2D eigenvalue weighted by Gasteiger charge is 2.41. The van der Waals surface area contributed by atoms with Gasteiger partial charge in [0.05, 0.1) is 0 Å². The molecule has 2 aromatic carbocycles. The Morgan fingerprint density at radius 1 is 0.562 bits per heavy atom. The van der Waals surface area contributed by atoms with Crippen LogP contribution in [0.3, 0.4) is 0 Å². The van der Waals surface area contributed by atoms with Gasteiger partial charge >= 0.3 is 0 Å². The van der Waals surface area contributed by atoms with Crippen LogP contribution in [-0.4, -0.2) is 48.1 Å². The lowest BCUT2D eigenvalue weighted by molar-refractivity contribution is 0.298. The number of hydrogen-bond acceptors (Lipinski definition) is 4. The number of likely N-dealkylation sites (tertiary alicyclic amines) is 2. The monoisotopic (exact) mass is 432 g/mol. The zero-order chi connectivity index (χ0) is 21.9. The predicted octanol–water partition coefficient (Wildman–Crippen LogP) is 3.71. The van der Waals surface area contributed by atoms with Crippen LogP contribution in [-0.2, 0) is 13.1 Å². The van der Waals surface area contributed by atoms with Crippen molar-refractivity contribution in [3.63, 3.8) is 0 Å². The Morgan fingerprint density at radius 3 is 1.34 bits per heavy atom. The van der Waals surface area contributed by atoms with Crippen LogP contribution in [0.4, 0.5) is 0 Å². The quantitative estimate of drug-likeness (QED) is 0.773. The molecule has 2 saturated carbocycles. The van der Waals surface area contributed by atoms with Gasteiger partial charge in [0.2, 0.25) is 0 Å². The molecule has 2 aliphatic heterocycles. The zero-order valence-electron chi connectivity index (χ0n) is 19.4. The SMILES string of the molecule is NC1CC[C@@H]2CN(Cc3ccccc3)C[C@H]12.NC1CC[C@H]2CN(Cc3ccccc3)C[C@@H]12. The third-order valence-electron chi connectivity index (χ3n) is 8.47. The summed E-state index contributed by atoms with van der Waals surface area (Å²) in [6, 6.07) is 22.4. The fourth-order valence-electron chi connectivity index (χ4n) is 6.74. The summed E-state index contributed by atoms with van der Waals surface area (Å²) >= 11 is 0. The highest BCUT2D eigenvalue weighted by Crippen LogP contribution is 2.38. The van der Waals surface area contributed by atoms with Crippen LogP contribution in [0, 0.1) is 23.7 Å². The van der Waals surface area contributed by atoms with Gasteiger partial charge in [-0.05, 0) is 60.5 Å². The number of nitrogens with two attached hydrogens (primary N) is 2. The van der Waals surface area contributed by atoms with Gasteiger partial charge in [0.1, 0.15) is 0 Å². The largest absolute Gasteiger partial charge is 0.327 e. The van der Waals surface area contributed by atoms with Crippen molar-refractivity contribution in [1.82, 2.24) is 9.80 Å². The van der Waals surface area contributed by atoms with Crippen LogP contribution in [0.1, 0.15) is 36.8 Å². The molecule has 2 heterocycles. The summed E-state index contributed by atoms with van der Waals surface area (Å²) in [5.74, 6) is 3.28. The number of rotatable bonds is 4. The Labute approximate surface area is 194 Å². The summed E-state index contributed by atoms with van der Waals surface area (Å²) in [6.45, 7) is 7.13. The van der Waals surface area contributed by atoms with Crippen molar-refractivity contribution in [3.05, 3.63) is 71.8 Å². The summed E-state index contributed by atoms with van der Waals surface area (Å²) in [7, 11) is 0. The molecular weight excluding hydrogens is 392 g/mol. The summed E-state index contributed by atoms with van der Waals surface area (Å²) in [5.41, 5.74) is 15.2. The van der Waals surface area contributed by atoms with Gasteiger partial charge in [-0.3, -0.25) is 9.80 Å². The number of benzene rings is 2. The van der Waals surface area contributed by atoms with Gasteiger partial charge < -0.3 is 11.5 Å². The van der Waals surface area contributed by atoms with Crippen molar-refractivity contribution in [1.29, 1.82) is 0 Å². The molecule has 2 saturated heterocycles. The first-order chi connectivity index (χ1) is 15.7. The second kappa shape index (κ2) is 10.0. The van der Waals surface area contributed by atoms with Crippen LogP contribution < -0.4 is 11.5 Å². The third-order valence-corrected chi connectivity index (χ3v) is 8.47. The molecule has 4 N–H and O–H groups in total. The topological polar surface area (TPSA) is 58.5 Å². The van der Waals surface area contributed by atoms with Crippen LogP contribution in [0.5, 0.6) is 0 Å². The molecule has 2 aromatic rings. The number of fused-ring (bicyclic) bond motifs is 2. The average Bonchev–Trinajstić information content (AvgIpc) is 3.56. The van der Waals surface area contributed by atoms with E-state index in [1.54, 1.807) is 0 Å². The lowest BCUT2D eigenvalue weighted by Gasteiger charge is -2.18. The summed E-state index contributed by atoms with van der Waals surface area (Å²) in [5, 5.41) is 0. The van der Waals surface area contributed by atoms with E-state index in [4.69, 9.17) is 11.5 Å². The van der Waals surface area contributed by atoms with Gasteiger partial charge in [0.15, 0.2) is 0 Å². The maximum Gasteiger partial charge on any atom is 0.0233 e. The molecule has 0 amide bonds. The Balaban J connectivity index is 0.000000135. The van der Waals surface area contributed by atoms with Crippen LogP contribution in [0.25, 0.3) is 0 Å². The van der Waals surface area contributed by atoms with Crippen molar-refractivity contribution in [3.8, 4) is 0 Å². The van der Waals surface area contributed by atoms with Crippen molar-refractivity contribution < 1.29 is 0 Å². The Bertz CT molecular complexity index is 770. The molecule has 4 aliphatic rings. The molecule has 172 valence electrons. The van der Waals surface area contributed by atoms with Crippen molar-refractivity contribution in [2.45, 2.75) is 50.9 Å². The molecule has 0 bridgehead atoms. The fourth-order valence-corrected chi connectivity index (χ4v) is 6.74. The van der Waals surface area contributed by atoms with Gasteiger partial charge in [-0.25, -0.2) is 0 Å². The number of hydrogen-bond donors (Lipinski definition) is 2. The molecule has 2 unspecified atom stereocenters. The predicted molar refractivity (Wildman–Crippen MR) is 132 cm³/mol. The molecule has 6 rings (SSSR count). The summed E-state index contributed by atoms with van der Waals surface area (Å²) in [4.78, 5) is 5.15. The van der Waals surface area contributed by atoms with E-state index in [1.807, 2.05) is 0 Å². The van der Waals surface area contributed by atoms with Crippen LogP contribution in [0.2, 0.25) is 0 Å². The van der Waals surface area contributed by atoms with Gasteiger partial charge in [-0.1, -0.05) is 60.7 Å². The Hall–Kier alpha value is -1.72. The van der Waals surface area contributed by atoms with Gasteiger partial charge in [0.25, 0.3) is 0 Å². The first-order valence-corrected chi connectivity index (χ1v) is 12.7. The molecule has 0 aromatic heterocycles. The molecule has 4 nitrogen and oxygen atoms in total. The normalized spacial score (nSPS) is 34.2. The Kier molecular flexibility index (Phi) is 6.94. The molecule has 4 heteroatoms. The highest BCUT2D eigenvalue weighted by molar-refractivity contribution is 5.16. The van der Waals surface area contributed by atoms with E-state index in [2.05, 4.69) is 70.5 Å². The molecule has 0 radical (unpaired) electrons. The molecule has 32 heavy (non-hydrogen) atoms. The molecule has 4 fully saturated rings. The van der Waals surface area contributed by atoms with E-state index < -0.39 is 0 Å². The van der Waals surface area contributed by atoms with Crippen LogP contribution in [0.15, 0.2) is 60.7 Å². The van der Waals surface area contributed by atoms with Crippen molar-refractivity contribution in [2.24, 2.45) is 35.1 Å². The Morgan fingerprint density at radius 2 is 0.969 bits per heavy atom. The van der Waals surface area contributed by atoms with Gasteiger partial charge in [-0.15, -0.1) is 0 Å². The molecule has 6 atom stereocenters. The van der Waals surface area contributed by atoms with Gasteiger partial charge in [-0.2, -0.15) is 0 Å². The smallest absolute Gasteiger partial charge is 0.0233 e. The minimum absolute atomic E-state index is 0.464. The maximum absolute atomic E-state index is 6.15. The second-order valence-corrected chi connectivity index (χ2v) is 10.7. The standard InChI is InChI=1S/2C14H20N2/c2*15-14-7-6-12-9-16(10-13(12)14)8-11-4-2-1-3-5-11/h2*1-5,12-14H,6-10,15H2/t2*12-,13+,14?/m10/s1. The minimum atomic E-state index is 0.464.